The van der Waals surface area contributed by atoms with Crippen molar-refractivity contribution in [2.45, 2.75) is 17.9 Å². The van der Waals surface area contributed by atoms with Crippen LogP contribution in [0.4, 0.5) is 4.39 Å². The van der Waals surface area contributed by atoms with Gasteiger partial charge in [0.25, 0.3) is 0 Å². The van der Waals surface area contributed by atoms with Crippen molar-refractivity contribution >= 4 is 17.7 Å². The minimum absolute atomic E-state index is 0.160. The lowest BCUT2D eigenvalue weighted by atomic mass is 10.2. The van der Waals surface area contributed by atoms with Crippen molar-refractivity contribution in [3.63, 3.8) is 0 Å². The highest BCUT2D eigenvalue weighted by molar-refractivity contribution is 7.99. The molecule has 0 atom stereocenters. The van der Waals surface area contributed by atoms with Gasteiger partial charge in [0, 0.05) is 62.2 Å². The molecule has 0 aliphatic carbocycles. The molecule has 1 saturated heterocycles. The van der Waals surface area contributed by atoms with Gasteiger partial charge in [0.1, 0.15) is 5.82 Å². The Morgan fingerprint density at radius 3 is 2.52 bits per heavy atom. The van der Waals surface area contributed by atoms with E-state index in [1.165, 1.54) is 23.4 Å². The number of piperazine rings is 1. The number of halogens is 1. The summed E-state index contributed by atoms with van der Waals surface area (Å²) in [6.45, 7) is 4.18. The van der Waals surface area contributed by atoms with Crippen molar-refractivity contribution in [1.29, 1.82) is 0 Å². The summed E-state index contributed by atoms with van der Waals surface area (Å²) in [5, 5.41) is 0. The summed E-state index contributed by atoms with van der Waals surface area (Å²) in [6.07, 6.45) is 4.06. The minimum atomic E-state index is -0.218. The molecule has 0 saturated carbocycles. The molecular weight excluding hydrogens is 337 g/mol. The quantitative estimate of drug-likeness (QED) is 0.743. The fourth-order valence-corrected chi connectivity index (χ4v) is 3.75. The van der Waals surface area contributed by atoms with E-state index in [2.05, 4.69) is 9.88 Å². The fraction of sp³-hybridized carbons (Fsp3) is 0.368. The van der Waals surface area contributed by atoms with Crippen LogP contribution in [-0.4, -0.2) is 52.6 Å². The number of thioether (sulfide) groups is 1. The van der Waals surface area contributed by atoms with E-state index in [1.807, 2.05) is 35.5 Å². The Bertz CT molecular complexity index is 690. The van der Waals surface area contributed by atoms with E-state index in [9.17, 15) is 9.18 Å². The maximum absolute atomic E-state index is 13.6. The number of nitrogens with zero attached hydrogens (tertiary/aromatic N) is 3. The Morgan fingerprint density at radius 1 is 1.08 bits per heavy atom. The first-order valence-corrected chi connectivity index (χ1v) is 9.47. The van der Waals surface area contributed by atoms with Crippen molar-refractivity contribution in [3.05, 3.63) is 60.2 Å². The second-order valence-corrected chi connectivity index (χ2v) is 7.18. The maximum atomic E-state index is 13.6. The van der Waals surface area contributed by atoms with Gasteiger partial charge in [0.2, 0.25) is 5.91 Å². The summed E-state index contributed by atoms with van der Waals surface area (Å²) in [6, 6.07) is 10.7. The van der Waals surface area contributed by atoms with Crippen LogP contribution in [0.2, 0.25) is 0 Å². The lowest BCUT2D eigenvalue weighted by Crippen LogP contribution is -2.48. The van der Waals surface area contributed by atoms with Crippen molar-refractivity contribution in [2.75, 3.05) is 31.9 Å². The first-order valence-electron chi connectivity index (χ1n) is 8.49. The molecule has 6 heteroatoms. The number of hydrogen-bond acceptors (Lipinski definition) is 4. The van der Waals surface area contributed by atoms with Crippen LogP contribution in [-0.2, 0) is 11.3 Å². The highest BCUT2D eigenvalue weighted by atomic mass is 32.2. The molecule has 2 aromatic rings. The summed E-state index contributed by atoms with van der Waals surface area (Å²) in [7, 11) is 0. The standard InChI is InChI=1S/C19H22FN3OS/c20-17-3-1-2-4-18(17)25-14-7-19(24)23-12-10-22(11-13-23)15-16-5-8-21-9-6-16/h1-6,8-9H,7,10-15H2. The largest absolute Gasteiger partial charge is 0.340 e. The molecule has 1 aliphatic heterocycles. The highest BCUT2D eigenvalue weighted by Crippen LogP contribution is 2.22. The molecule has 132 valence electrons. The van der Waals surface area contributed by atoms with Gasteiger partial charge in [-0.1, -0.05) is 12.1 Å². The summed E-state index contributed by atoms with van der Waals surface area (Å²) >= 11 is 1.40. The molecule has 0 N–H and O–H groups in total. The van der Waals surface area contributed by atoms with Gasteiger partial charge in [-0.15, -0.1) is 11.8 Å². The number of hydrogen-bond donors (Lipinski definition) is 0. The van der Waals surface area contributed by atoms with E-state index in [-0.39, 0.29) is 11.7 Å². The van der Waals surface area contributed by atoms with Crippen molar-refractivity contribution < 1.29 is 9.18 Å². The highest BCUT2D eigenvalue weighted by Gasteiger charge is 2.20. The SMILES string of the molecule is O=C(CCSc1ccccc1F)N1CCN(Cc2ccncc2)CC1. The maximum Gasteiger partial charge on any atom is 0.223 e. The summed E-state index contributed by atoms with van der Waals surface area (Å²) in [4.78, 5) is 21.2. The van der Waals surface area contributed by atoms with E-state index in [0.29, 0.717) is 17.1 Å². The van der Waals surface area contributed by atoms with Crippen molar-refractivity contribution in [3.8, 4) is 0 Å². The lowest BCUT2D eigenvalue weighted by Gasteiger charge is -2.34. The van der Waals surface area contributed by atoms with Gasteiger partial charge >= 0.3 is 0 Å². The molecule has 0 spiro atoms. The molecule has 1 fully saturated rings. The van der Waals surface area contributed by atoms with E-state index >= 15 is 0 Å². The lowest BCUT2D eigenvalue weighted by molar-refractivity contribution is -0.132. The van der Waals surface area contributed by atoms with Crippen LogP contribution in [0.1, 0.15) is 12.0 Å². The Labute approximate surface area is 152 Å². The third-order valence-electron chi connectivity index (χ3n) is 4.29. The second kappa shape index (κ2) is 8.97. The molecule has 4 nitrogen and oxygen atoms in total. The zero-order valence-electron chi connectivity index (χ0n) is 14.1. The third kappa shape index (κ3) is 5.28. The van der Waals surface area contributed by atoms with Crippen LogP contribution < -0.4 is 0 Å². The molecule has 25 heavy (non-hydrogen) atoms. The normalized spacial score (nSPS) is 15.3. The zero-order valence-corrected chi connectivity index (χ0v) is 14.9. The smallest absolute Gasteiger partial charge is 0.223 e. The second-order valence-electron chi connectivity index (χ2n) is 6.04. The van der Waals surface area contributed by atoms with Crippen LogP contribution in [0.15, 0.2) is 53.7 Å². The van der Waals surface area contributed by atoms with Crippen LogP contribution in [0.5, 0.6) is 0 Å². The molecule has 2 heterocycles. The van der Waals surface area contributed by atoms with Crippen LogP contribution >= 0.6 is 11.8 Å². The molecule has 1 amide bonds. The summed E-state index contributed by atoms with van der Waals surface area (Å²) in [5.74, 6) is 0.550. The van der Waals surface area contributed by atoms with Crippen LogP contribution in [0, 0.1) is 5.82 Å². The number of carbonyl (C=O) groups excluding carboxylic acids is 1. The number of aromatic nitrogens is 1. The van der Waals surface area contributed by atoms with Gasteiger partial charge in [0.05, 0.1) is 0 Å². The monoisotopic (exact) mass is 359 g/mol. The van der Waals surface area contributed by atoms with Crippen LogP contribution in [0.25, 0.3) is 0 Å². The summed E-state index contributed by atoms with van der Waals surface area (Å²) < 4.78 is 13.6. The average molecular weight is 359 g/mol. The van der Waals surface area contributed by atoms with E-state index in [4.69, 9.17) is 0 Å². The van der Waals surface area contributed by atoms with Crippen LogP contribution in [0.3, 0.4) is 0 Å². The number of amides is 1. The Hall–Kier alpha value is -1.92. The predicted octanol–water partition coefficient (Wildman–Crippen LogP) is 3.05. The van der Waals surface area contributed by atoms with Gasteiger partial charge in [0.15, 0.2) is 0 Å². The van der Waals surface area contributed by atoms with Gasteiger partial charge in [-0.05, 0) is 29.8 Å². The molecule has 0 radical (unpaired) electrons. The minimum Gasteiger partial charge on any atom is -0.340 e. The predicted molar refractivity (Wildman–Crippen MR) is 97.8 cm³/mol. The topological polar surface area (TPSA) is 36.4 Å². The first-order chi connectivity index (χ1) is 12.2. The molecule has 3 rings (SSSR count). The number of benzene rings is 1. The van der Waals surface area contributed by atoms with Gasteiger partial charge in [-0.25, -0.2) is 4.39 Å². The Morgan fingerprint density at radius 2 is 1.80 bits per heavy atom. The average Bonchev–Trinajstić information content (AvgIpc) is 2.65. The Kier molecular flexibility index (Phi) is 6.42. The first kappa shape index (κ1) is 17.9. The molecule has 0 bridgehead atoms. The number of pyridine rings is 1. The fourth-order valence-electron chi connectivity index (χ4n) is 2.87. The van der Waals surface area contributed by atoms with Crippen molar-refractivity contribution in [2.24, 2.45) is 0 Å². The molecule has 0 unspecified atom stereocenters. The molecular formula is C19H22FN3OS. The number of rotatable bonds is 6. The zero-order chi connectivity index (χ0) is 17.5. The Balaban J connectivity index is 1.39. The molecule has 1 aliphatic rings. The van der Waals surface area contributed by atoms with Crippen molar-refractivity contribution in [1.82, 2.24) is 14.8 Å². The van der Waals surface area contributed by atoms with E-state index < -0.39 is 0 Å². The third-order valence-corrected chi connectivity index (χ3v) is 5.34. The van der Waals surface area contributed by atoms with Gasteiger partial charge in [-0.2, -0.15) is 0 Å². The number of carbonyl (C=O) groups is 1. The van der Waals surface area contributed by atoms with E-state index in [0.717, 1.165) is 32.7 Å². The van der Waals surface area contributed by atoms with Gasteiger partial charge in [-0.3, -0.25) is 14.7 Å². The molecule has 1 aromatic heterocycles. The van der Waals surface area contributed by atoms with Gasteiger partial charge < -0.3 is 4.90 Å². The molecule has 1 aromatic carbocycles. The summed E-state index contributed by atoms with van der Waals surface area (Å²) in [5.41, 5.74) is 1.25. The van der Waals surface area contributed by atoms with E-state index in [1.54, 1.807) is 12.1 Å².